The summed E-state index contributed by atoms with van der Waals surface area (Å²) in [6, 6.07) is 13.0. The van der Waals surface area contributed by atoms with Gasteiger partial charge in [-0.25, -0.2) is 4.52 Å². The Hall–Kier alpha value is -4.08. The van der Waals surface area contributed by atoms with Crippen LogP contribution in [-0.2, 0) is 0 Å². The molecule has 0 spiro atoms. The molecule has 1 aliphatic rings. The third kappa shape index (κ3) is 3.63. The zero-order chi connectivity index (χ0) is 21.4. The molecule has 0 atom stereocenters. The molecule has 4 aromatic rings. The zero-order valence-electron chi connectivity index (χ0n) is 17.1. The number of benzene rings is 1. The number of fused-ring (bicyclic) bond motifs is 1. The molecule has 0 saturated carbocycles. The molecule has 0 bridgehead atoms. The first-order chi connectivity index (χ1) is 15.1. The van der Waals surface area contributed by atoms with E-state index in [1.54, 1.807) is 16.6 Å². The molecule has 0 unspecified atom stereocenters. The lowest BCUT2D eigenvalue weighted by molar-refractivity contribution is 0.0747. The van der Waals surface area contributed by atoms with Gasteiger partial charge in [0.2, 0.25) is 5.95 Å². The van der Waals surface area contributed by atoms with Crippen LogP contribution in [0.25, 0.3) is 5.52 Å². The fourth-order valence-corrected chi connectivity index (χ4v) is 3.72. The number of piperazine rings is 1. The van der Waals surface area contributed by atoms with Gasteiger partial charge in [-0.15, -0.1) is 5.10 Å². The van der Waals surface area contributed by atoms with E-state index in [1.807, 2.05) is 48.4 Å². The van der Waals surface area contributed by atoms with Gasteiger partial charge in [-0.2, -0.15) is 10.1 Å². The van der Waals surface area contributed by atoms with Crippen LogP contribution in [0.5, 0.6) is 0 Å². The lowest BCUT2D eigenvalue weighted by atomic mass is 10.1. The number of carbonyl (C=O) groups is 1. The number of amides is 1. The lowest BCUT2D eigenvalue weighted by Crippen LogP contribution is -2.49. The minimum absolute atomic E-state index is 0.0456. The Kier molecular flexibility index (Phi) is 4.66. The molecule has 1 amide bonds. The van der Waals surface area contributed by atoms with Crippen molar-refractivity contribution in [3.05, 3.63) is 59.9 Å². The predicted octanol–water partition coefficient (Wildman–Crippen LogP) is 2.05. The Morgan fingerprint density at radius 2 is 1.94 bits per heavy atom. The number of nitrogens with zero attached hydrogens (tertiary/aromatic N) is 6. The van der Waals surface area contributed by atoms with Gasteiger partial charge in [-0.3, -0.25) is 9.89 Å². The fourth-order valence-electron chi connectivity index (χ4n) is 3.72. The lowest BCUT2D eigenvalue weighted by Gasteiger charge is -2.35. The Morgan fingerprint density at radius 1 is 1.13 bits per heavy atom. The number of rotatable bonds is 4. The van der Waals surface area contributed by atoms with Crippen molar-refractivity contribution in [2.24, 2.45) is 0 Å². The second-order valence-electron chi connectivity index (χ2n) is 7.53. The number of carbonyl (C=O) groups excluding carboxylic acids is 1. The molecule has 1 aromatic carbocycles. The number of aryl methyl sites for hydroxylation is 1. The molecule has 158 valence electrons. The molecule has 0 radical (unpaired) electrons. The van der Waals surface area contributed by atoms with Crippen LogP contribution < -0.4 is 16.0 Å². The fraction of sp³-hybridized carbons (Fsp3) is 0.238. The molecule has 31 heavy (non-hydrogen) atoms. The summed E-state index contributed by atoms with van der Waals surface area (Å²) >= 11 is 0. The van der Waals surface area contributed by atoms with Crippen molar-refractivity contribution in [3.8, 4) is 0 Å². The van der Waals surface area contributed by atoms with Crippen molar-refractivity contribution < 1.29 is 4.79 Å². The van der Waals surface area contributed by atoms with Crippen LogP contribution in [0.15, 0.2) is 48.7 Å². The Labute approximate surface area is 178 Å². The zero-order valence-corrected chi connectivity index (χ0v) is 17.1. The van der Waals surface area contributed by atoms with Crippen LogP contribution in [0.3, 0.4) is 0 Å². The van der Waals surface area contributed by atoms with E-state index >= 15 is 0 Å². The Bertz CT molecular complexity index is 1240. The summed E-state index contributed by atoms with van der Waals surface area (Å²) in [6.07, 6.45) is 1.89. The first-order valence-electron chi connectivity index (χ1n) is 10.1. The highest BCUT2D eigenvalue weighted by molar-refractivity contribution is 5.99. The third-order valence-corrected chi connectivity index (χ3v) is 5.37. The van der Waals surface area contributed by atoms with E-state index in [9.17, 15) is 4.79 Å². The normalized spacial score (nSPS) is 14.2. The monoisotopic (exact) mass is 417 g/mol. The number of hydrogen-bond donors (Lipinski definition) is 3. The van der Waals surface area contributed by atoms with Crippen molar-refractivity contribution in [3.63, 3.8) is 0 Å². The van der Waals surface area contributed by atoms with Crippen molar-refractivity contribution in [2.75, 3.05) is 42.1 Å². The molecule has 1 aliphatic heterocycles. The minimum Gasteiger partial charge on any atom is -0.398 e. The summed E-state index contributed by atoms with van der Waals surface area (Å²) in [7, 11) is 0. The molecule has 4 heterocycles. The highest BCUT2D eigenvalue weighted by Gasteiger charge is 2.25. The van der Waals surface area contributed by atoms with Gasteiger partial charge in [0.25, 0.3) is 5.91 Å². The molecule has 10 nitrogen and oxygen atoms in total. The van der Waals surface area contributed by atoms with Gasteiger partial charge in [-0.05, 0) is 31.2 Å². The average Bonchev–Trinajstić information content (AvgIpc) is 3.42. The third-order valence-electron chi connectivity index (χ3n) is 5.37. The second-order valence-corrected chi connectivity index (χ2v) is 7.53. The number of H-pyrrole nitrogens is 1. The number of anilines is 4. The molecule has 5 rings (SSSR count). The van der Waals surface area contributed by atoms with Gasteiger partial charge in [-0.1, -0.05) is 12.1 Å². The first-order valence-corrected chi connectivity index (χ1v) is 10.1. The van der Waals surface area contributed by atoms with Gasteiger partial charge in [0, 0.05) is 49.8 Å². The molecular weight excluding hydrogens is 394 g/mol. The number of aromatic nitrogens is 5. The largest absolute Gasteiger partial charge is 0.398 e. The van der Waals surface area contributed by atoms with Gasteiger partial charge < -0.3 is 20.9 Å². The Balaban J connectivity index is 1.35. The summed E-state index contributed by atoms with van der Waals surface area (Å²) in [6.45, 7) is 4.35. The van der Waals surface area contributed by atoms with E-state index < -0.39 is 0 Å². The molecular formula is C21H23N9O. The van der Waals surface area contributed by atoms with Crippen molar-refractivity contribution in [1.82, 2.24) is 29.7 Å². The summed E-state index contributed by atoms with van der Waals surface area (Å²) < 4.78 is 1.80. The summed E-state index contributed by atoms with van der Waals surface area (Å²) in [4.78, 5) is 21.5. The van der Waals surface area contributed by atoms with E-state index in [2.05, 4.69) is 25.5 Å². The number of nitrogen functional groups attached to an aromatic ring is 1. The molecule has 3 aromatic heterocycles. The van der Waals surface area contributed by atoms with Crippen molar-refractivity contribution in [1.29, 1.82) is 0 Å². The van der Waals surface area contributed by atoms with Crippen LogP contribution in [0, 0.1) is 6.92 Å². The summed E-state index contributed by atoms with van der Waals surface area (Å²) in [5, 5.41) is 15.1. The molecule has 4 N–H and O–H groups in total. The SMILES string of the molecule is Cc1cc(Nc2nc(N3CCN(C(=O)c4ccccc4N)CC3)nn3cccc23)n[nH]1. The van der Waals surface area contributed by atoms with E-state index in [1.165, 1.54) is 0 Å². The number of nitrogens with one attached hydrogen (secondary N) is 2. The highest BCUT2D eigenvalue weighted by Crippen LogP contribution is 2.23. The van der Waals surface area contributed by atoms with Crippen molar-refractivity contribution in [2.45, 2.75) is 6.92 Å². The average molecular weight is 417 g/mol. The number of aromatic amines is 1. The van der Waals surface area contributed by atoms with Crippen LogP contribution in [0.2, 0.25) is 0 Å². The minimum atomic E-state index is -0.0456. The van der Waals surface area contributed by atoms with Crippen LogP contribution in [0.4, 0.5) is 23.3 Å². The maximum atomic E-state index is 12.8. The van der Waals surface area contributed by atoms with Crippen LogP contribution >= 0.6 is 0 Å². The van der Waals surface area contributed by atoms with Gasteiger partial charge in [0.05, 0.1) is 5.56 Å². The molecule has 1 saturated heterocycles. The van der Waals surface area contributed by atoms with Crippen LogP contribution in [0.1, 0.15) is 16.1 Å². The summed E-state index contributed by atoms with van der Waals surface area (Å²) in [5.41, 5.74) is 8.84. The maximum absolute atomic E-state index is 12.8. The van der Waals surface area contributed by atoms with Gasteiger partial charge in [0.1, 0.15) is 5.52 Å². The first kappa shape index (κ1) is 18.9. The topological polar surface area (TPSA) is 120 Å². The van der Waals surface area contributed by atoms with Crippen LogP contribution in [-0.4, -0.2) is 61.8 Å². The highest BCUT2D eigenvalue weighted by atomic mass is 16.2. The molecule has 10 heteroatoms. The number of para-hydroxylation sites is 1. The molecule has 1 fully saturated rings. The van der Waals surface area contributed by atoms with Crippen molar-refractivity contribution >= 4 is 34.7 Å². The maximum Gasteiger partial charge on any atom is 0.256 e. The Morgan fingerprint density at radius 3 is 2.68 bits per heavy atom. The van der Waals surface area contributed by atoms with E-state index in [-0.39, 0.29) is 5.91 Å². The van der Waals surface area contributed by atoms with Gasteiger partial charge in [0.15, 0.2) is 11.6 Å². The van der Waals surface area contributed by atoms with E-state index in [4.69, 9.17) is 10.7 Å². The second kappa shape index (κ2) is 7.63. The smallest absolute Gasteiger partial charge is 0.256 e. The molecule has 0 aliphatic carbocycles. The summed E-state index contributed by atoms with van der Waals surface area (Å²) in [5.74, 6) is 1.93. The van der Waals surface area contributed by atoms with Gasteiger partial charge >= 0.3 is 0 Å². The standard InChI is InChI=1S/C21H23N9O/c1-14-13-18(26-25-14)23-19-17-7-4-8-30(17)27-21(24-19)29-11-9-28(10-12-29)20(31)15-5-2-3-6-16(15)22/h2-8,13H,9-12,22H2,1H3,(H2,23,24,25,26,27). The number of hydrogen-bond acceptors (Lipinski definition) is 7. The quantitative estimate of drug-likeness (QED) is 0.435. The van der Waals surface area contributed by atoms with E-state index in [0.717, 1.165) is 11.2 Å². The predicted molar refractivity (Wildman–Crippen MR) is 119 cm³/mol. The van der Waals surface area contributed by atoms with E-state index in [0.29, 0.717) is 55.0 Å². The number of nitrogens with two attached hydrogens (primary N) is 1.